The molecule has 13 heteroatoms. The fraction of sp³-hybridized carbons (Fsp3) is 0.214. The first-order valence-electron chi connectivity index (χ1n) is 12.5. The van der Waals surface area contributed by atoms with Gasteiger partial charge in [0.2, 0.25) is 15.9 Å². The summed E-state index contributed by atoms with van der Waals surface area (Å²) < 4.78 is 79.9. The Morgan fingerprint density at radius 1 is 0.951 bits per heavy atom. The molecule has 1 aliphatic rings. The fourth-order valence-corrected chi connectivity index (χ4v) is 6.18. The van der Waals surface area contributed by atoms with Gasteiger partial charge in [0.15, 0.2) is 5.82 Å². The number of aromatic nitrogens is 3. The molecule has 212 valence electrons. The minimum atomic E-state index is -4.49. The smallest absolute Gasteiger partial charge is 0.349 e. The van der Waals surface area contributed by atoms with Crippen molar-refractivity contribution in [2.24, 2.45) is 0 Å². The van der Waals surface area contributed by atoms with Gasteiger partial charge in [0, 0.05) is 30.1 Å². The van der Waals surface area contributed by atoms with Crippen molar-refractivity contribution in [3.63, 3.8) is 0 Å². The van der Waals surface area contributed by atoms with Crippen molar-refractivity contribution in [1.29, 1.82) is 0 Å². The molecule has 1 aliphatic heterocycles. The molecule has 0 saturated carbocycles. The summed E-state index contributed by atoms with van der Waals surface area (Å²) in [7, 11) is -4.04. The molecule has 41 heavy (non-hydrogen) atoms. The lowest BCUT2D eigenvalue weighted by Crippen LogP contribution is -2.45. The minimum Gasteiger partial charge on any atom is -0.349 e. The SMILES string of the molecule is O=C(NCc1cc(-c2ccc(C(F)(F)F)cc2)nc(-c2ccncc2)n1)[C@@H]1CCCN1S(=O)(=O)c1ccc(F)cc1. The largest absolute Gasteiger partial charge is 0.416 e. The standard InChI is InChI=1S/C28H23F4N5O3S/c29-21-7-9-23(10-8-21)41(39,40)37-15-1-2-25(37)27(38)34-17-22-16-24(18-3-5-20(6-4-18)28(30,31)32)36-26(35-22)19-11-13-33-14-12-19/h3-14,16,25H,1-2,15,17H2,(H,34,38)/t25-/m0/s1. The summed E-state index contributed by atoms with van der Waals surface area (Å²) in [5, 5.41) is 2.73. The first kappa shape index (κ1) is 28.3. The van der Waals surface area contributed by atoms with Crippen LogP contribution in [0.15, 0.2) is 84.0 Å². The van der Waals surface area contributed by atoms with Gasteiger partial charge in [-0.25, -0.2) is 22.8 Å². The number of pyridine rings is 1. The molecule has 0 radical (unpaired) electrons. The second-order valence-corrected chi connectivity index (χ2v) is 11.2. The van der Waals surface area contributed by atoms with Gasteiger partial charge in [-0.15, -0.1) is 0 Å². The highest BCUT2D eigenvalue weighted by molar-refractivity contribution is 7.89. The number of nitrogens with zero attached hydrogens (tertiary/aromatic N) is 4. The number of carbonyl (C=O) groups excluding carboxylic acids is 1. The molecule has 0 spiro atoms. The number of halogens is 4. The molecule has 8 nitrogen and oxygen atoms in total. The Labute approximate surface area is 233 Å². The van der Waals surface area contributed by atoms with E-state index in [1.165, 1.54) is 12.1 Å². The zero-order valence-electron chi connectivity index (χ0n) is 21.3. The Morgan fingerprint density at radius 2 is 1.63 bits per heavy atom. The average molecular weight is 586 g/mol. The fourth-order valence-electron chi connectivity index (χ4n) is 4.52. The second-order valence-electron chi connectivity index (χ2n) is 9.32. The van der Waals surface area contributed by atoms with Crippen LogP contribution in [0.5, 0.6) is 0 Å². The molecule has 2 aromatic heterocycles. The van der Waals surface area contributed by atoms with Crippen LogP contribution in [0.25, 0.3) is 22.6 Å². The third-order valence-corrected chi connectivity index (χ3v) is 8.52. The van der Waals surface area contributed by atoms with E-state index < -0.39 is 39.5 Å². The Morgan fingerprint density at radius 3 is 2.29 bits per heavy atom. The number of rotatable bonds is 7. The van der Waals surface area contributed by atoms with E-state index in [0.717, 1.165) is 40.7 Å². The summed E-state index contributed by atoms with van der Waals surface area (Å²) in [5.41, 5.74) is 0.922. The normalized spacial score (nSPS) is 16.0. The first-order valence-corrected chi connectivity index (χ1v) is 14.0. The molecule has 0 bridgehead atoms. The third-order valence-electron chi connectivity index (χ3n) is 6.60. The predicted molar refractivity (Wildman–Crippen MR) is 141 cm³/mol. The van der Waals surface area contributed by atoms with Gasteiger partial charge in [-0.3, -0.25) is 9.78 Å². The number of carbonyl (C=O) groups is 1. The first-order chi connectivity index (χ1) is 19.5. The Bertz CT molecular complexity index is 1650. The van der Waals surface area contributed by atoms with E-state index in [1.54, 1.807) is 30.6 Å². The van der Waals surface area contributed by atoms with Gasteiger partial charge in [0.1, 0.15) is 11.9 Å². The topological polar surface area (TPSA) is 105 Å². The van der Waals surface area contributed by atoms with Crippen LogP contribution in [0.3, 0.4) is 0 Å². The Hall–Kier alpha value is -4.23. The molecule has 0 unspecified atom stereocenters. The lowest BCUT2D eigenvalue weighted by Gasteiger charge is -2.23. The number of hydrogen-bond donors (Lipinski definition) is 1. The van der Waals surface area contributed by atoms with E-state index in [-0.39, 0.29) is 23.8 Å². The van der Waals surface area contributed by atoms with E-state index in [0.29, 0.717) is 35.4 Å². The van der Waals surface area contributed by atoms with E-state index >= 15 is 0 Å². The highest BCUT2D eigenvalue weighted by Crippen LogP contribution is 2.31. The average Bonchev–Trinajstić information content (AvgIpc) is 3.47. The Balaban J connectivity index is 1.39. The van der Waals surface area contributed by atoms with Crippen LogP contribution in [0.4, 0.5) is 17.6 Å². The van der Waals surface area contributed by atoms with Gasteiger partial charge in [0.05, 0.1) is 28.4 Å². The summed E-state index contributed by atoms with van der Waals surface area (Å²) in [5.74, 6) is -0.838. The van der Waals surface area contributed by atoms with E-state index in [4.69, 9.17) is 0 Å². The summed E-state index contributed by atoms with van der Waals surface area (Å²) in [4.78, 5) is 26.0. The van der Waals surface area contributed by atoms with Crippen LogP contribution in [-0.4, -0.2) is 46.2 Å². The predicted octanol–water partition coefficient (Wildman–Crippen LogP) is 4.83. The lowest BCUT2D eigenvalue weighted by molar-refractivity contribution is -0.137. The second kappa shape index (κ2) is 11.3. The molecular formula is C28H23F4N5O3S. The van der Waals surface area contributed by atoms with Gasteiger partial charge in [-0.1, -0.05) is 12.1 Å². The van der Waals surface area contributed by atoms with Crippen molar-refractivity contribution >= 4 is 15.9 Å². The van der Waals surface area contributed by atoms with Crippen molar-refractivity contribution in [3.05, 3.63) is 96.2 Å². The van der Waals surface area contributed by atoms with Crippen LogP contribution in [0, 0.1) is 5.82 Å². The molecule has 1 amide bonds. The van der Waals surface area contributed by atoms with Gasteiger partial charge in [-0.2, -0.15) is 17.5 Å². The zero-order chi connectivity index (χ0) is 29.2. The summed E-state index contributed by atoms with van der Waals surface area (Å²) in [6, 6.07) is 12.9. The summed E-state index contributed by atoms with van der Waals surface area (Å²) in [6.45, 7) is 0.0452. The third kappa shape index (κ3) is 6.25. The number of amides is 1. The molecule has 1 fully saturated rings. The van der Waals surface area contributed by atoms with E-state index in [9.17, 15) is 30.8 Å². The van der Waals surface area contributed by atoms with Gasteiger partial charge in [0.25, 0.3) is 0 Å². The maximum atomic E-state index is 13.3. The molecule has 1 N–H and O–H groups in total. The minimum absolute atomic E-state index is 0.0893. The molecule has 2 aromatic carbocycles. The van der Waals surface area contributed by atoms with Crippen molar-refractivity contribution in [1.82, 2.24) is 24.6 Å². The quantitative estimate of drug-likeness (QED) is 0.312. The number of benzene rings is 2. The van der Waals surface area contributed by atoms with Crippen LogP contribution in [0.1, 0.15) is 24.1 Å². The van der Waals surface area contributed by atoms with Crippen molar-refractivity contribution in [3.8, 4) is 22.6 Å². The number of alkyl halides is 3. The van der Waals surface area contributed by atoms with Gasteiger partial charge < -0.3 is 5.32 Å². The zero-order valence-corrected chi connectivity index (χ0v) is 22.2. The molecular weight excluding hydrogens is 562 g/mol. The maximum Gasteiger partial charge on any atom is 0.416 e. The van der Waals surface area contributed by atoms with Crippen molar-refractivity contribution in [2.45, 2.75) is 36.5 Å². The van der Waals surface area contributed by atoms with Crippen LogP contribution >= 0.6 is 0 Å². The van der Waals surface area contributed by atoms with Crippen LogP contribution in [0.2, 0.25) is 0 Å². The van der Waals surface area contributed by atoms with Crippen molar-refractivity contribution in [2.75, 3.05) is 6.54 Å². The van der Waals surface area contributed by atoms with Crippen LogP contribution < -0.4 is 5.32 Å². The van der Waals surface area contributed by atoms with E-state index in [2.05, 4.69) is 20.3 Å². The lowest BCUT2D eigenvalue weighted by atomic mass is 10.1. The molecule has 0 aliphatic carbocycles. The number of sulfonamides is 1. The van der Waals surface area contributed by atoms with Gasteiger partial charge in [-0.05, 0) is 67.4 Å². The van der Waals surface area contributed by atoms with Crippen LogP contribution in [-0.2, 0) is 27.5 Å². The summed E-state index contributed by atoms with van der Waals surface area (Å²) in [6.07, 6.45) is -0.631. The number of nitrogens with one attached hydrogen (secondary N) is 1. The molecule has 5 rings (SSSR count). The maximum absolute atomic E-state index is 13.3. The molecule has 1 atom stereocenters. The van der Waals surface area contributed by atoms with Gasteiger partial charge >= 0.3 is 6.18 Å². The monoisotopic (exact) mass is 585 g/mol. The molecule has 3 heterocycles. The summed E-state index contributed by atoms with van der Waals surface area (Å²) >= 11 is 0. The Kier molecular flexibility index (Phi) is 7.82. The van der Waals surface area contributed by atoms with E-state index in [1.807, 2.05) is 0 Å². The molecule has 4 aromatic rings. The highest BCUT2D eigenvalue weighted by atomic mass is 32.2. The number of hydrogen-bond acceptors (Lipinski definition) is 6. The highest BCUT2D eigenvalue weighted by Gasteiger charge is 2.39. The molecule has 1 saturated heterocycles. The van der Waals surface area contributed by atoms with Crippen molar-refractivity contribution < 1.29 is 30.8 Å².